The van der Waals surface area contributed by atoms with Crippen LogP contribution >= 0.6 is 11.3 Å². The fourth-order valence-electron chi connectivity index (χ4n) is 3.60. The van der Waals surface area contributed by atoms with Gasteiger partial charge >= 0.3 is 0 Å². The van der Waals surface area contributed by atoms with Crippen LogP contribution in [-0.4, -0.2) is 41.0 Å². The maximum Gasteiger partial charge on any atom is 0.222 e. The van der Waals surface area contributed by atoms with Gasteiger partial charge in [-0.3, -0.25) is 9.78 Å². The lowest BCUT2D eigenvalue weighted by Crippen LogP contribution is -2.39. The van der Waals surface area contributed by atoms with Crippen LogP contribution in [0.5, 0.6) is 0 Å². The van der Waals surface area contributed by atoms with E-state index >= 15 is 0 Å². The molecule has 0 unspecified atom stereocenters. The first-order valence-electron chi connectivity index (χ1n) is 10.2. The van der Waals surface area contributed by atoms with Gasteiger partial charge in [-0.05, 0) is 49.6 Å². The van der Waals surface area contributed by atoms with Crippen LogP contribution in [0.3, 0.4) is 0 Å². The van der Waals surface area contributed by atoms with E-state index < -0.39 is 0 Å². The van der Waals surface area contributed by atoms with Gasteiger partial charge in [0.15, 0.2) is 5.13 Å². The van der Waals surface area contributed by atoms with Crippen molar-refractivity contribution >= 4 is 28.2 Å². The molecule has 0 bridgehead atoms. The predicted molar refractivity (Wildman–Crippen MR) is 121 cm³/mol. The molecule has 1 fully saturated rings. The van der Waals surface area contributed by atoms with Crippen molar-refractivity contribution in [1.82, 2.24) is 20.3 Å². The van der Waals surface area contributed by atoms with E-state index in [0.717, 1.165) is 53.1 Å². The van der Waals surface area contributed by atoms with Gasteiger partial charge in [0, 0.05) is 38.4 Å². The van der Waals surface area contributed by atoms with Crippen molar-refractivity contribution in [3.8, 4) is 10.6 Å². The van der Waals surface area contributed by atoms with Gasteiger partial charge in [0.05, 0.1) is 22.8 Å². The highest BCUT2D eigenvalue weighted by molar-refractivity contribution is 7.18. The van der Waals surface area contributed by atoms with Gasteiger partial charge in [0.2, 0.25) is 5.91 Å². The van der Waals surface area contributed by atoms with Crippen LogP contribution in [0.2, 0.25) is 0 Å². The lowest BCUT2D eigenvalue weighted by molar-refractivity contribution is -0.125. The Morgan fingerprint density at radius 2 is 2.07 bits per heavy atom. The van der Waals surface area contributed by atoms with Crippen LogP contribution in [-0.2, 0) is 11.3 Å². The number of rotatable bonds is 6. The standard InChI is InChI=1S/C22H26N6OS/c1-15-6-9-24-20(12-15)25-13-17-4-3-5-18(27-17)19-14-26-22(30-19)28-10-7-16(8-11-28)21(29)23-2/h3-6,9,12,14,16H,7-8,10-11,13H2,1-2H3,(H,23,29)(H,24,25). The number of carbonyl (C=O) groups excluding carboxylic acids is 1. The third-order valence-electron chi connectivity index (χ3n) is 5.30. The summed E-state index contributed by atoms with van der Waals surface area (Å²) in [6.07, 6.45) is 5.42. The maximum absolute atomic E-state index is 11.8. The van der Waals surface area contributed by atoms with Crippen LogP contribution in [0, 0.1) is 12.8 Å². The van der Waals surface area contributed by atoms with E-state index in [9.17, 15) is 4.79 Å². The molecule has 1 saturated heterocycles. The quantitative estimate of drug-likeness (QED) is 0.633. The van der Waals surface area contributed by atoms with E-state index in [4.69, 9.17) is 4.98 Å². The smallest absolute Gasteiger partial charge is 0.222 e. The summed E-state index contributed by atoms with van der Waals surface area (Å²) >= 11 is 1.65. The summed E-state index contributed by atoms with van der Waals surface area (Å²) in [5.74, 6) is 1.10. The van der Waals surface area contributed by atoms with Crippen molar-refractivity contribution in [3.63, 3.8) is 0 Å². The van der Waals surface area contributed by atoms with Crippen LogP contribution in [0.4, 0.5) is 10.9 Å². The highest BCUT2D eigenvalue weighted by Crippen LogP contribution is 2.32. The van der Waals surface area contributed by atoms with Crippen molar-refractivity contribution in [1.29, 1.82) is 0 Å². The van der Waals surface area contributed by atoms with Crippen molar-refractivity contribution in [3.05, 3.63) is 54.0 Å². The molecule has 3 aromatic rings. The molecule has 8 heteroatoms. The number of aromatic nitrogens is 3. The molecule has 0 spiro atoms. The number of amides is 1. The summed E-state index contributed by atoms with van der Waals surface area (Å²) in [5, 5.41) is 7.08. The Morgan fingerprint density at radius 3 is 2.83 bits per heavy atom. The molecule has 1 aliphatic rings. The van der Waals surface area contributed by atoms with Gasteiger partial charge in [-0.15, -0.1) is 0 Å². The highest BCUT2D eigenvalue weighted by Gasteiger charge is 2.25. The molecule has 0 saturated carbocycles. The number of carbonyl (C=O) groups is 1. The van der Waals surface area contributed by atoms with Crippen LogP contribution in [0.25, 0.3) is 10.6 Å². The molecular weight excluding hydrogens is 396 g/mol. The van der Waals surface area contributed by atoms with Gasteiger partial charge in [-0.2, -0.15) is 0 Å². The summed E-state index contributed by atoms with van der Waals surface area (Å²) in [5.41, 5.74) is 3.05. The topological polar surface area (TPSA) is 83.0 Å². The zero-order chi connectivity index (χ0) is 20.9. The first-order valence-corrected chi connectivity index (χ1v) is 11.0. The zero-order valence-electron chi connectivity index (χ0n) is 17.3. The summed E-state index contributed by atoms with van der Waals surface area (Å²) in [4.78, 5) is 28.9. The van der Waals surface area contributed by atoms with Crippen LogP contribution in [0.15, 0.2) is 42.7 Å². The SMILES string of the molecule is CNC(=O)C1CCN(c2ncc(-c3cccc(CNc4cc(C)ccn4)n3)s2)CC1. The number of nitrogens with zero attached hydrogens (tertiary/aromatic N) is 4. The Balaban J connectivity index is 1.40. The third kappa shape index (κ3) is 4.76. The largest absolute Gasteiger partial charge is 0.364 e. The molecule has 156 valence electrons. The molecule has 0 atom stereocenters. The van der Waals surface area contributed by atoms with Crippen molar-refractivity contribution < 1.29 is 4.79 Å². The summed E-state index contributed by atoms with van der Waals surface area (Å²) in [7, 11) is 1.70. The monoisotopic (exact) mass is 422 g/mol. The Bertz CT molecular complexity index is 1010. The van der Waals surface area contributed by atoms with E-state index in [-0.39, 0.29) is 11.8 Å². The minimum absolute atomic E-state index is 0.111. The van der Waals surface area contributed by atoms with E-state index in [1.807, 2.05) is 43.5 Å². The zero-order valence-corrected chi connectivity index (χ0v) is 18.1. The molecule has 30 heavy (non-hydrogen) atoms. The number of thiazole rings is 1. The average molecular weight is 423 g/mol. The van der Waals surface area contributed by atoms with E-state index in [1.54, 1.807) is 24.6 Å². The molecule has 4 rings (SSSR count). The van der Waals surface area contributed by atoms with Gasteiger partial charge in [-0.25, -0.2) is 9.97 Å². The molecule has 7 nitrogen and oxygen atoms in total. The van der Waals surface area contributed by atoms with Gasteiger partial charge < -0.3 is 15.5 Å². The second-order valence-corrected chi connectivity index (χ2v) is 8.48. The second-order valence-electron chi connectivity index (χ2n) is 7.47. The van der Waals surface area contributed by atoms with E-state index in [2.05, 4.69) is 25.5 Å². The lowest BCUT2D eigenvalue weighted by Gasteiger charge is -2.30. The Labute approximate surface area is 180 Å². The molecule has 0 radical (unpaired) electrons. The fourth-order valence-corrected chi connectivity index (χ4v) is 4.53. The Morgan fingerprint density at radius 1 is 1.23 bits per heavy atom. The molecule has 3 aromatic heterocycles. The number of pyridine rings is 2. The Kier molecular flexibility index (Phi) is 6.23. The highest BCUT2D eigenvalue weighted by atomic mass is 32.1. The first kappa shape index (κ1) is 20.3. The Hall–Kier alpha value is -3.00. The molecule has 2 N–H and O–H groups in total. The minimum atomic E-state index is 0.111. The van der Waals surface area contributed by atoms with Gasteiger partial charge in [-0.1, -0.05) is 17.4 Å². The molecule has 0 aromatic carbocycles. The summed E-state index contributed by atoms with van der Waals surface area (Å²) < 4.78 is 0. The third-order valence-corrected chi connectivity index (χ3v) is 6.38. The fraction of sp³-hybridized carbons (Fsp3) is 0.364. The number of anilines is 2. The summed E-state index contributed by atoms with van der Waals surface area (Å²) in [6, 6.07) is 10.1. The number of aryl methyl sites for hydroxylation is 1. The molecular formula is C22H26N6OS. The van der Waals surface area contributed by atoms with Crippen molar-refractivity contribution in [2.75, 3.05) is 30.4 Å². The second kappa shape index (κ2) is 9.21. The molecule has 1 aliphatic heterocycles. The minimum Gasteiger partial charge on any atom is -0.364 e. The maximum atomic E-state index is 11.8. The predicted octanol–water partition coefficient (Wildman–Crippen LogP) is 3.48. The van der Waals surface area contributed by atoms with Crippen molar-refractivity contribution in [2.24, 2.45) is 5.92 Å². The van der Waals surface area contributed by atoms with Crippen LogP contribution < -0.4 is 15.5 Å². The average Bonchev–Trinajstić information content (AvgIpc) is 3.28. The normalized spacial score (nSPS) is 14.5. The molecule has 0 aliphatic carbocycles. The number of hydrogen-bond donors (Lipinski definition) is 2. The molecule has 1 amide bonds. The van der Waals surface area contributed by atoms with E-state index in [1.165, 1.54) is 5.56 Å². The lowest BCUT2D eigenvalue weighted by atomic mass is 9.96. The molecule has 4 heterocycles. The van der Waals surface area contributed by atoms with Gasteiger partial charge in [0.1, 0.15) is 5.82 Å². The first-order chi connectivity index (χ1) is 14.6. The van der Waals surface area contributed by atoms with Crippen LogP contribution in [0.1, 0.15) is 24.1 Å². The van der Waals surface area contributed by atoms with Crippen molar-refractivity contribution in [2.45, 2.75) is 26.3 Å². The number of nitrogens with one attached hydrogen (secondary N) is 2. The van der Waals surface area contributed by atoms with Gasteiger partial charge in [0.25, 0.3) is 0 Å². The number of piperidine rings is 1. The van der Waals surface area contributed by atoms with E-state index in [0.29, 0.717) is 6.54 Å². The summed E-state index contributed by atoms with van der Waals surface area (Å²) in [6.45, 7) is 4.37. The number of hydrogen-bond acceptors (Lipinski definition) is 7.